The van der Waals surface area contributed by atoms with Crippen molar-refractivity contribution in [2.75, 3.05) is 0 Å². The first-order chi connectivity index (χ1) is 11.6. The zero-order valence-corrected chi connectivity index (χ0v) is 13.0. The Labute approximate surface area is 136 Å². The molecule has 4 rings (SSSR count). The Hall–Kier alpha value is -3.28. The van der Waals surface area contributed by atoms with E-state index >= 15 is 0 Å². The van der Waals surface area contributed by atoms with Crippen molar-refractivity contribution in [1.82, 2.24) is 19.6 Å². The molecule has 0 bridgehead atoms. The van der Waals surface area contributed by atoms with Gasteiger partial charge in [-0.1, -0.05) is 42.0 Å². The maximum absolute atomic E-state index is 12.7. The lowest BCUT2D eigenvalue weighted by molar-refractivity contribution is 0.0991. The summed E-state index contributed by atoms with van der Waals surface area (Å²) in [6.07, 6.45) is -0.0547. The first-order valence-corrected chi connectivity index (χ1v) is 7.58. The zero-order valence-electron chi connectivity index (χ0n) is 13.0. The number of aromatic nitrogens is 4. The van der Waals surface area contributed by atoms with Crippen molar-refractivity contribution in [2.24, 2.45) is 0 Å². The van der Waals surface area contributed by atoms with Crippen molar-refractivity contribution in [3.05, 3.63) is 75.7 Å². The smallest absolute Gasteiger partial charge is 0.281 e. The Morgan fingerprint density at radius 1 is 1.12 bits per heavy atom. The summed E-state index contributed by atoms with van der Waals surface area (Å²) in [5.74, 6) is 0.226. The van der Waals surface area contributed by atoms with E-state index in [1.54, 1.807) is 12.1 Å². The van der Waals surface area contributed by atoms with E-state index in [0.29, 0.717) is 22.4 Å². The summed E-state index contributed by atoms with van der Waals surface area (Å²) in [6.45, 7) is 1.96. The Morgan fingerprint density at radius 3 is 2.67 bits per heavy atom. The second-order valence-corrected chi connectivity index (χ2v) is 5.70. The molecular formula is C18H14N4O2. The molecule has 2 aromatic carbocycles. The van der Waals surface area contributed by atoms with E-state index in [1.807, 2.05) is 43.3 Å². The Morgan fingerprint density at radius 2 is 1.88 bits per heavy atom. The summed E-state index contributed by atoms with van der Waals surface area (Å²) in [5.41, 5.74) is 2.90. The number of carbonyl (C=O) groups excluding carboxylic acids is 1. The SMILES string of the molecule is Cc1ccc(C(=O)Cc2n[nH]c3nc4ccccc4n3c2=O)cc1. The molecule has 0 saturated carbocycles. The third-order valence-corrected chi connectivity index (χ3v) is 4.00. The second-order valence-electron chi connectivity index (χ2n) is 5.70. The molecule has 0 atom stereocenters. The molecule has 1 N–H and O–H groups in total. The predicted octanol–water partition coefficient (Wildman–Crippen LogP) is 2.30. The van der Waals surface area contributed by atoms with Crippen LogP contribution in [0.5, 0.6) is 0 Å². The quantitative estimate of drug-likeness (QED) is 0.588. The lowest BCUT2D eigenvalue weighted by atomic mass is 10.1. The molecule has 0 fully saturated rings. The third kappa shape index (κ3) is 2.28. The minimum absolute atomic E-state index is 0.0547. The van der Waals surface area contributed by atoms with Crippen LogP contribution >= 0.6 is 0 Å². The fraction of sp³-hybridized carbons (Fsp3) is 0.111. The second kappa shape index (κ2) is 5.42. The van der Waals surface area contributed by atoms with Gasteiger partial charge in [0, 0.05) is 5.56 Å². The van der Waals surface area contributed by atoms with Gasteiger partial charge in [-0.2, -0.15) is 5.10 Å². The van der Waals surface area contributed by atoms with Gasteiger partial charge in [0.25, 0.3) is 5.56 Å². The maximum Gasteiger partial charge on any atom is 0.281 e. The number of carbonyl (C=O) groups is 1. The summed E-state index contributed by atoms with van der Waals surface area (Å²) in [7, 11) is 0. The van der Waals surface area contributed by atoms with Crippen molar-refractivity contribution in [3.63, 3.8) is 0 Å². The van der Waals surface area contributed by atoms with Crippen LogP contribution in [0.1, 0.15) is 21.6 Å². The highest BCUT2D eigenvalue weighted by atomic mass is 16.1. The van der Waals surface area contributed by atoms with Crippen LogP contribution < -0.4 is 5.56 Å². The first-order valence-electron chi connectivity index (χ1n) is 7.58. The van der Waals surface area contributed by atoms with E-state index < -0.39 is 0 Å². The molecule has 0 aliphatic heterocycles. The monoisotopic (exact) mass is 318 g/mol. The molecule has 4 aromatic rings. The Bertz CT molecular complexity index is 1120. The van der Waals surface area contributed by atoms with Gasteiger partial charge < -0.3 is 0 Å². The van der Waals surface area contributed by atoms with Gasteiger partial charge in [0.15, 0.2) is 5.78 Å². The molecule has 6 nitrogen and oxygen atoms in total. The number of fused-ring (bicyclic) bond motifs is 3. The summed E-state index contributed by atoms with van der Waals surface area (Å²) in [6, 6.07) is 14.6. The maximum atomic E-state index is 12.7. The van der Waals surface area contributed by atoms with E-state index in [9.17, 15) is 9.59 Å². The number of rotatable bonds is 3. The number of hydrogen-bond donors (Lipinski definition) is 1. The summed E-state index contributed by atoms with van der Waals surface area (Å²) in [5, 5.41) is 6.81. The van der Waals surface area contributed by atoms with Crippen molar-refractivity contribution in [2.45, 2.75) is 13.3 Å². The molecule has 0 saturated heterocycles. The van der Waals surface area contributed by atoms with Gasteiger partial charge in [0.2, 0.25) is 5.78 Å². The van der Waals surface area contributed by atoms with Crippen LogP contribution in [0.25, 0.3) is 16.8 Å². The molecular weight excluding hydrogens is 304 g/mol. The van der Waals surface area contributed by atoms with Gasteiger partial charge in [-0.3, -0.25) is 9.59 Å². The molecule has 0 aliphatic carbocycles. The first kappa shape index (κ1) is 14.3. The molecule has 24 heavy (non-hydrogen) atoms. The van der Waals surface area contributed by atoms with E-state index in [4.69, 9.17) is 0 Å². The van der Waals surface area contributed by atoms with Crippen molar-refractivity contribution in [3.8, 4) is 0 Å². The lowest BCUT2D eigenvalue weighted by Gasteiger charge is -2.02. The highest BCUT2D eigenvalue weighted by molar-refractivity contribution is 5.97. The number of Topliss-reactive ketones (excluding diaryl/α,β-unsaturated/α-hetero) is 1. The van der Waals surface area contributed by atoms with Gasteiger partial charge >= 0.3 is 0 Å². The van der Waals surface area contributed by atoms with Crippen molar-refractivity contribution < 1.29 is 4.79 Å². The van der Waals surface area contributed by atoms with Gasteiger partial charge in [0.1, 0.15) is 5.69 Å². The van der Waals surface area contributed by atoms with Gasteiger partial charge in [-0.25, -0.2) is 14.5 Å². The van der Waals surface area contributed by atoms with E-state index in [0.717, 1.165) is 5.56 Å². The van der Waals surface area contributed by atoms with Crippen LogP contribution in [0.15, 0.2) is 53.3 Å². The van der Waals surface area contributed by atoms with Crippen LogP contribution in [0.3, 0.4) is 0 Å². The van der Waals surface area contributed by atoms with Crippen LogP contribution in [0.4, 0.5) is 0 Å². The number of para-hydroxylation sites is 2. The third-order valence-electron chi connectivity index (χ3n) is 4.00. The molecule has 0 aliphatic rings. The van der Waals surface area contributed by atoms with Gasteiger partial charge in [-0.15, -0.1) is 0 Å². The average molecular weight is 318 g/mol. The van der Waals surface area contributed by atoms with Gasteiger partial charge in [0.05, 0.1) is 17.5 Å². The zero-order chi connectivity index (χ0) is 16.7. The largest absolute Gasteiger partial charge is 0.294 e. The predicted molar refractivity (Wildman–Crippen MR) is 90.3 cm³/mol. The number of H-pyrrole nitrogens is 1. The molecule has 6 heteroatoms. The fourth-order valence-electron chi connectivity index (χ4n) is 2.71. The number of nitrogens with one attached hydrogen (secondary N) is 1. The fourth-order valence-corrected chi connectivity index (χ4v) is 2.71. The molecule has 0 unspecified atom stereocenters. The lowest BCUT2D eigenvalue weighted by Crippen LogP contribution is -2.23. The topological polar surface area (TPSA) is 80.1 Å². The normalized spacial score (nSPS) is 11.2. The molecule has 0 spiro atoms. The molecule has 2 heterocycles. The number of imidazole rings is 1. The van der Waals surface area contributed by atoms with Crippen LogP contribution in [0, 0.1) is 6.92 Å². The highest BCUT2D eigenvalue weighted by Gasteiger charge is 2.15. The van der Waals surface area contributed by atoms with Crippen molar-refractivity contribution in [1.29, 1.82) is 0 Å². The highest BCUT2D eigenvalue weighted by Crippen LogP contribution is 2.13. The summed E-state index contributed by atoms with van der Waals surface area (Å²) < 4.78 is 1.46. The number of aryl methyl sites for hydroxylation is 1. The van der Waals surface area contributed by atoms with Gasteiger partial charge in [-0.05, 0) is 19.1 Å². The standard InChI is InChI=1S/C18H14N4O2/c1-11-6-8-12(9-7-11)16(23)10-14-17(24)22-15-5-3-2-4-13(15)19-18(22)21-20-14/h2-9H,10H2,1H3,(H,19,21). The van der Waals surface area contributed by atoms with E-state index in [2.05, 4.69) is 15.2 Å². The minimum atomic E-state index is -0.321. The molecule has 0 amide bonds. The Balaban J connectivity index is 1.78. The Kier molecular flexibility index (Phi) is 3.23. The molecule has 2 aromatic heterocycles. The van der Waals surface area contributed by atoms with Crippen LogP contribution in [0.2, 0.25) is 0 Å². The van der Waals surface area contributed by atoms with Crippen LogP contribution in [-0.4, -0.2) is 25.4 Å². The van der Waals surface area contributed by atoms with Crippen LogP contribution in [-0.2, 0) is 6.42 Å². The van der Waals surface area contributed by atoms with E-state index in [-0.39, 0.29) is 23.5 Å². The minimum Gasteiger partial charge on any atom is -0.294 e. The average Bonchev–Trinajstić information content (AvgIpc) is 2.97. The number of nitrogens with zero attached hydrogens (tertiary/aromatic N) is 3. The molecule has 0 radical (unpaired) electrons. The number of ketones is 1. The molecule has 118 valence electrons. The number of benzene rings is 2. The summed E-state index contributed by atoms with van der Waals surface area (Å²) >= 11 is 0. The summed E-state index contributed by atoms with van der Waals surface area (Å²) in [4.78, 5) is 29.4. The number of aromatic amines is 1. The van der Waals surface area contributed by atoms with Crippen molar-refractivity contribution >= 4 is 22.6 Å². The van der Waals surface area contributed by atoms with E-state index in [1.165, 1.54) is 4.40 Å². The number of hydrogen-bond acceptors (Lipinski definition) is 4.